The maximum Gasteiger partial charge on any atom is 0.338 e. The van der Waals surface area contributed by atoms with Crippen molar-refractivity contribution in [2.45, 2.75) is 45.3 Å². The summed E-state index contributed by atoms with van der Waals surface area (Å²) in [4.78, 5) is 24.6. The highest BCUT2D eigenvalue weighted by Crippen LogP contribution is 2.29. The van der Waals surface area contributed by atoms with E-state index in [-0.39, 0.29) is 11.9 Å². The number of amides is 1. The summed E-state index contributed by atoms with van der Waals surface area (Å²) in [5.41, 5.74) is 3.97. The number of hydrogen-bond acceptors (Lipinski definition) is 3. The van der Waals surface area contributed by atoms with Gasteiger partial charge in [-0.1, -0.05) is 42.0 Å². The predicted octanol–water partition coefficient (Wildman–Crippen LogP) is 3.73. The van der Waals surface area contributed by atoms with Crippen LogP contribution < -0.4 is 5.32 Å². The van der Waals surface area contributed by atoms with Gasteiger partial charge in [0, 0.05) is 0 Å². The van der Waals surface area contributed by atoms with Crippen molar-refractivity contribution in [2.24, 2.45) is 0 Å². The van der Waals surface area contributed by atoms with E-state index in [1.165, 1.54) is 11.1 Å². The highest BCUT2D eigenvalue weighted by Gasteiger charge is 2.25. The second kappa shape index (κ2) is 7.51. The minimum absolute atomic E-state index is 0.0158. The zero-order chi connectivity index (χ0) is 17.8. The van der Waals surface area contributed by atoms with E-state index in [2.05, 4.69) is 17.4 Å². The summed E-state index contributed by atoms with van der Waals surface area (Å²) in [6.45, 7) is 3.56. The maximum absolute atomic E-state index is 12.5. The van der Waals surface area contributed by atoms with Crippen LogP contribution in [0.2, 0.25) is 0 Å². The molecule has 1 amide bonds. The normalized spacial score (nSPS) is 17.3. The van der Waals surface area contributed by atoms with Crippen LogP contribution in [0.15, 0.2) is 48.5 Å². The highest BCUT2D eigenvalue weighted by atomic mass is 16.5. The van der Waals surface area contributed by atoms with Crippen molar-refractivity contribution in [1.82, 2.24) is 5.32 Å². The Balaban J connectivity index is 1.62. The van der Waals surface area contributed by atoms with Gasteiger partial charge in [0.1, 0.15) is 0 Å². The molecule has 2 aromatic rings. The average molecular weight is 337 g/mol. The first-order valence-corrected chi connectivity index (χ1v) is 8.70. The number of nitrogens with one attached hydrogen (secondary N) is 1. The van der Waals surface area contributed by atoms with E-state index in [1.54, 1.807) is 19.1 Å². The number of benzene rings is 2. The Morgan fingerprint density at radius 1 is 1.12 bits per heavy atom. The Hall–Kier alpha value is -2.62. The summed E-state index contributed by atoms with van der Waals surface area (Å²) in [5, 5.41) is 3.02. The molecule has 0 heterocycles. The Labute approximate surface area is 148 Å². The van der Waals surface area contributed by atoms with Gasteiger partial charge in [-0.05, 0) is 56.4 Å². The summed E-state index contributed by atoms with van der Waals surface area (Å²) in [6.07, 6.45) is 2.16. The standard InChI is InChI=1S/C21H23NO3/c1-14-10-12-17(13-11-14)21(24)25-15(2)20(23)22-19-9-5-7-16-6-3-4-8-18(16)19/h3-4,6,8,10-13,15,19H,5,7,9H2,1-2H3,(H,22,23)/t15-,19+/m0/s1. The van der Waals surface area contributed by atoms with Crippen molar-refractivity contribution in [2.75, 3.05) is 0 Å². The smallest absolute Gasteiger partial charge is 0.338 e. The number of hydrogen-bond donors (Lipinski definition) is 1. The highest BCUT2D eigenvalue weighted by molar-refractivity contribution is 5.92. The number of fused-ring (bicyclic) bond motifs is 1. The molecular weight excluding hydrogens is 314 g/mol. The van der Waals surface area contributed by atoms with E-state index in [4.69, 9.17) is 4.74 Å². The molecule has 130 valence electrons. The molecule has 0 aliphatic heterocycles. The van der Waals surface area contributed by atoms with Crippen LogP contribution in [-0.4, -0.2) is 18.0 Å². The zero-order valence-corrected chi connectivity index (χ0v) is 14.6. The van der Waals surface area contributed by atoms with Crippen LogP contribution in [0.4, 0.5) is 0 Å². The molecule has 2 atom stereocenters. The van der Waals surface area contributed by atoms with Crippen LogP contribution in [0.1, 0.15) is 52.9 Å². The second-order valence-corrected chi connectivity index (χ2v) is 6.57. The molecule has 1 aliphatic rings. The molecule has 1 N–H and O–H groups in total. The van der Waals surface area contributed by atoms with Crippen LogP contribution in [0.5, 0.6) is 0 Å². The SMILES string of the molecule is Cc1ccc(C(=O)O[C@@H](C)C(=O)N[C@@H]2CCCc3ccccc32)cc1. The van der Waals surface area contributed by atoms with Crippen molar-refractivity contribution >= 4 is 11.9 Å². The molecule has 25 heavy (non-hydrogen) atoms. The van der Waals surface area contributed by atoms with Crippen molar-refractivity contribution < 1.29 is 14.3 Å². The predicted molar refractivity (Wildman–Crippen MR) is 96.3 cm³/mol. The van der Waals surface area contributed by atoms with Gasteiger partial charge in [0.25, 0.3) is 5.91 Å². The molecule has 0 aromatic heterocycles. The van der Waals surface area contributed by atoms with Gasteiger partial charge in [-0.15, -0.1) is 0 Å². The van der Waals surface area contributed by atoms with E-state index >= 15 is 0 Å². The van der Waals surface area contributed by atoms with Gasteiger partial charge >= 0.3 is 5.97 Å². The van der Waals surface area contributed by atoms with Gasteiger partial charge in [0.2, 0.25) is 0 Å². The van der Waals surface area contributed by atoms with Gasteiger partial charge in [-0.25, -0.2) is 4.79 Å². The first kappa shape index (κ1) is 17.2. The van der Waals surface area contributed by atoms with Gasteiger partial charge in [-0.2, -0.15) is 0 Å². The third-order valence-corrected chi connectivity index (χ3v) is 4.63. The fourth-order valence-electron chi connectivity index (χ4n) is 3.16. The first-order chi connectivity index (χ1) is 12.0. The lowest BCUT2D eigenvalue weighted by molar-refractivity contribution is -0.130. The third kappa shape index (κ3) is 4.08. The minimum atomic E-state index is -0.831. The second-order valence-electron chi connectivity index (χ2n) is 6.57. The Morgan fingerprint density at radius 2 is 1.84 bits per heavy atom. The van der Waals surface area contributed by atoms with Crippen molar-refractivity contribution in [3.63, 3.8) is 0 Å². The lowest BCUT2D eigenvalue weighted by atomic mass is 9.87. The van der Waals surface area contributed by atoms with Crippen LogP contribution in [0.3, 0.4) is 0 Å². The molecule has 0 radical (unpaired) electrons. The number of aryl methyl sites for hydroxylation is 2. The number of rotatable bonds is 4. The molecule has 4 nitrogen and oxygen atoms in total. The fourth-order valence-corrected chi connectivity index (χ4v) is 3.16. The topological polar surface area (TPSA) is 55.4 Å². The molecule has 0 saturated heterocycles. The summed E-state index contributed by atoms with van der Waals surface area (Å²) in [5.74, 6) is -0.742. The van der Waals surface area contributed by atoms with Gasteiger partial charge in [0.05, 0.1) is 11.6 Å². The van der Waals surface area contributed by atoms with E-state index in [0.717, 1.165) is 24.8 Å². The minimum Gasteiger partial charge on any atom is -0.449 e. The third-order valence-electron chi connectivity index (χ3n) is 4.63. The summed E-state index contributed by atoms with van der Waals surface area (Å²) in [7, 11) is 0. The monoisotopic (exact) mass is 337 g/mol. The van der Waals surface area contributed by atoms with E-state index in [0.29, 0.717) is 5.56 Å². The summed E-state index contributed by atoms with van der Waals surface area (Å²) >= 11 is 0. The van der Waals surface area contributed by atoms with Gasteiger partial charge < -0.3 is 10.1 Å². The lowest BCUT2D eigenvalue weighted by Crippen LogP contribution is -2.39. The van der Waals surface area contributed by atoms with Crippen molar-refractivity contribution in [3.8, 4) is 0 Å². The van der Waals surface area contributed by atoms with Gasteiger partial charge in [0.15, 0.2) is 6.10 Å². The molecule has 4 heteroatoms. The molecule has 0 bridgehead atoms. The molecule has 0 fully saturated rings. The zero-order valence-electron chi connectivity index (χ0n) is 14.6. The number of ether oxygens (including phenoxy) is 1. The van der Waals surface area contributed by atoms with Crippen molar-refractivity contribution in [3.05, 3.63) is 70.8 Å². The van der Waals surface area contributed by atoms with Crippen LogP contribution in [0, 0.1) is 6.92 Å². The molecule has 0 unspecified atom stereocenters. The lowest BCUT2D eigenvalue weighted by Gasteiger charge is -2.27. The Kier molecular flexibility index (Phi) is 5.17. The maximum atomic E-state index is 12.5. The van der Waals surface area contributed by atoms with E-state index < -0.39 is 12.1 Å². The average Bonchev–Trinajstić information content (AvgIpc) is 2.62. The summed E-state index contributed by atoms with van der Waals surface area (Å²) < 4.78 is 5.32. The number of carbonyl (C=O) groups excluding carboxylic acids is 2. The molecule has 2 aromatic carbocycles. The first-order valence-electron chi connectivity index (χ1n) is 8.70. The van der Waals surface area contributed by atoms with E-state index in [9.17, 15) is 9.59 Å². The summed E-state index contributed by atoms with van der Waals surface area (Å²) in [6, 6.07) is 15.3. The fraction of sp³-hybridized carbons (Fsp3) is 0.333. The molecule has 1 aliphatic carbocycles. The van der Waals surface area contributed by atoms with Crippen molar-refractivity contribution in [1.29, 1.82) is 0 Å². The van der Waals surface area contributed by atoms with E-state index in [1.807, 2.05) is 31.2 Å². The Morgan fingerprint density at radius 3 is 2.60 bits per heavy atom. The molecule has 0 saturated carbocycles. The molecular formula is C21H23NO3. The Bertz CT molecular complexity index is 767. The largest absolute Gasteiger partial charge is 0.449 e. The van der Waals surface area contributed by atoms with Gasteiger partial charge in [-0.3, -0.25) is 4.79 Å². The number of carbonyl (C=O) groups is 2. The number of esters is 1. The van der Waals surface area contributed by atoms with Crippen LogP contribution in [-0.2, 0) is 16.0 Å². The van der Waals surface area contributed by atoms with Crippen LogP contribution in [0.25, 0.3) is 0 Å². The van der Waals surface area contributed by atoms with Crippen LogP contribution >= 0.6 is 0 Å². The quantitative estimate of drug-likeness (QED) is 0.865. The molecule has 3 rings (SSSR count). The molecule has 0 spiro atoms.